The fourth-order valence-electron chi connectivity index (χ4n) is 0.891. The number of hydrogen-bond donors (Lipinski definition) is 2. The predicted molar refractivity (Wildman–Crippen MR) is 53.3 cm³/mol. The summed E-state index contributed by atoms with van der Waals surface area (Å²) >= 11 is 1.94. The smallest absolute Gasteiger partial charge is 0.0905 e. The quantitative estimate of drug-likeness (QED) is 0.496. The van der Waals surface area contributed by atoms with E-state index >= 15 is 0 Å². The van der Waals surface area contributed by atoms with Gasteiger partial charge in [-0.1, -0.05) is 20.8 Å². The number of thioether (sulfide) groups is 1. The van der Waals surface area contributed by atoms with Crippen LogP contribution in [0.2, 0.25) is 0 Å². The van der Waals surface area contributed by atoms with Crippen LogP contribution in [0.3, 0.4) is 0 Å². The molecule has 11 heavy (non-hydrogen) atoms. The lowest BCUT2D eigenvalue weighted by atomic mass is 10.2. The molecule has 0 aliphatic heterocycles. The van der Waals surface area contributed by atoms with E-state index in [-0.39, 0.29) is 0 Å². The van der Waals surface area contributed by atoms with E-state index in [0.29, 0.717) is 16.3 Å². The van der Waals surface area contributed by atoms with Gasteiger partial charge in [0, 0.05) is 11.7 Å². The number of nitrogens with one attached hydrogen (secondary N) is 1. The van der Waals surface area contributed by atoms with Gasteiger partial charge in [0.15, 0.2) is 0 Å². The lowest BCUT2D eigenvalue weighted by Crippen LogP contribution is -2.12. The van der Waals surface area contributed by atoms with E-state index in [1.165, 1.54) is 0 Å². The van der Waals surface area contributed by atoms with Crippen molar-refractivity contribution in [3.8, 4) is 0 Å². The molecule has 0 spiro atoms. The predicted octanol–water partition coefficient (Wildman–Crippen LogP) is 2.23. The lowest BCUT2D eigenvalue weighted by Gasteiger charge is -2.12. The van der Waals surface area contributed by atoms with Gasteiger partial charge in [0.1, 0.15) is 0 Å². The molecule has 0 amide bonds. The Balaban J connectivity index is 3.37. The molecule has 1 atom stereocenters. The van der Waals surface area contributed by atoms with Crippen molar-refractivity contribution in [1.82, 2.24) is 0 Å². The van der Waals surface area contributed by atoms with Crippen LogP contribution in [0, 0.1) is 5.41 Å². The summed E-state index contributed by atoms with van der Waals surface area (Å²) < 4.78 is 0. The topological polar surface area (TPSA) is 49.9 Å². The number of nitrogens with two attached hydrogens (primary N) is 1. The minimum Gasteiger partial charge on any atom is -0.388 e. The van der Waals surface area contributed by atoms with Crippen molar-refractivity contribution in [2.45, 2.75) is 44.1 Å². The van der Waals surface area contributed by atoms with E-state index in [2.05, 4.69) is 20.8 Å². The van der Waals surface area contributed by atoms with Gasteiger partial charge in [-0.2, -0.15) is 11.8 Å². The van der Waals surface area contributed by atoms with Crippen LogP contribution in [-0.4, -0.2) is 16.3 Å². The molecule has 0 aliphatic rings. The molecule has 0 aliphatic carbocycles. The monoisotopic (exact) mass is 174 g/mol. The summed E-state index contributed by atoms with van der Waals surface area (Å²) in [5.41, 5.74) is 5.25. The molecular formula is C8H18N2S. The van der Waals surface area contributed by atoms with Crippen molar-refractivity contribution in [3.63, 3.8) is 0 Å². The van der Waals surface area contributed by atoms with E-state index in [4.69, 9.17) is 11.1 Å². The Kier molecular flexibility index (Phi) is 5.38. The number of rotatable bonds is 5. The van der Waals surface area contributed by atoms with Crippen molar-refractivity contribution < 1.29 is 0 Å². The van der Waals surface area contributed by atoms with Gasteiger partial charge in [-0.25, -0.2) is 0 Å². The van der Waals surface area contributed by atoms with Gasteiger partial charge in [-0.05, 0) is 11.7 Å². The van der Waals surface area contributed by atoms with Crippen LogP contribution in [-0.2, 0) is 0 Å². The Hall–Kier alpha value is -0.180. The third kappa shape index (κ3) is 7.72. The zero-order valence-electron chi connectivity index (χ0n) is 7.55. The fraction of sp³-hybridized carbons (Fsp3) is 0.875. The van der Waals surface area contributed by atoms with Gasteiger partial charge in [0.25, 0.3) is 0 Å². The Morgan fingerprint density at radius 3 is 2.36 bits per heavy atom. The first-order chi connectivity index (χ1) is 5.02. The molecule has 0 radical (unpaired) electrons. The molecule has 1 unspecified atom stereocenters. The molecule has 0 saturated carbocycles. The van der Waals surface area contributed by atoms with E-state index in [0.717, 1.165) is 12.8 Å². The van der Waals surface area contributed by atoms with Crippen molar-refractivity contribution in [2.24, 2.45) is 5.73 Å². The first-order valence-corrected chi connectivity index (χ1v) is 4.95. The molecule has 0 bridgehead atoms. The molecule has 3 heteroatoms. The second-order valence-corrected chi connectivity index (χ2v) is 5.08. The van der Waals surface area contributed by atoms with E-state index in [1.807, 2.05) is 11.8 Å². The van der Waals surface area contributed by atoms with Gasteiger partial charge in [-0.3, -0.25) is 5.41 Å². The summed E-state index contributed by atoms with van der Waals surface area (Å²) in [6.45, 7) is 6.57. The van der Waals surface area contributed by atoms with Gasteiger partial charge >= 0.3 is 0 Å². The normalized spacial score (nSPS) is 13.5. The van der Waals surface area contributed by atoms with Crippen molar-refractivity contribution >= 4 is 17.6 Å². The van der Waals surface area contributed by atoms with Crippen molar-refractivity contribution in [1.29, 1.82) is 5.41 Å². The molecule has 2 nitrogen and oxygen atoms in total. The standard InChI is InChI=1S/C8H18N2S/c1-6(2)11-7(3)4-5-8(9)10/h6-7H,4-5H2,1-3H3,(H3,9,10). The summed E-state index contributed by atoms with van der Waals surface area (Å²) in [6, 6.07) is 0. The average molecular weight is 174 g/mol. The Labute approximate surface area is 73.4 Å². The minimum atomic E-state index is 0.307. The van der Waals surface area contributed by atoms with Gasteiger partial charge < -0.3 is 5.73 Å². The molecule has 0 saturated heterocycles. The molecule has 0 heterocycles. The maximum absolute atomic E-state index is 7.04. The Morgan fingerprint density at radius 2 is 2.00 bits per heavy atom. The molecular weight excluding hydrogens is 156 g/mol. The maximum Gasteiger partial charge on any atom is 0.0905 e. The summed E-state index contributed by atoms with van der Waals surface area (Å²) in [4.78, 5) is 0. The second-order valence-electron chi connectivity index (χ2n) is 3.06. The molecule has 66 valence electrons. The minimum absolute atomic E-state index is 0.307. The third-order valence-corrected chi connectivity index (χ3v) is 2.57. The Morgan fingerprint density at radius 1 is 1.45 bits per heavy atom. The number of amidine groups is 1. The van der Waals surface area contributed by atoms with Crippen molar-refractivity contribution in [3.05, 3.63) is 0 Å². The average Bonchev–Trinajstić information content (AvgIpc) is 1.82. The zero-order chi connectivity index (χ0) is 8.85. The van der Waals surface area contributed by atoms with E-state index in [1.54, 1.807) is 0 Å². The maximum atomic E-state index is 7.04. The first-order valence-electron chi connectivity index (χ1n) is 4.00. The molecule has 3 N–H and O–H groups in total. The van der Waals surface area contributed by atoms with Gasteiger partial charge in [-0.15, -0.1) is 0 Å². The summed E-state index contributed by atoms with van der Waals surface area (Å²) in [6.07, 6.45) is 1.76. The van der Waals surface area contributed by atoms with Crippen LogP contribution in [0.4, 0.5) is 0 Å². The Bertz CT molecular complexity index is 123. The highest BCUT2D eigenvalue weighted by molar-refractivity contribution is 8.00. The van der Waals surface area contributed by atoms with Crippen LogP contribution < -0.4 is 5.73 Å². The molecule has 0 aromatic rings. The van der Waals surface area contributed by atoms with Crippen LogP contribution in [0.5, 0.6) is 0 Å². The highest BCUT2D eigenvalue weighted by atomic mass is 32.2. The van der Waals surface area contributed by atoms with E-state index < -0.39 is 0 Å². The fourth-order valence-corrected chi connectivity index (χ4v) is 2.07. The highest BCUT2D eigenvalue weighted by Crippen LogP contribution is 2.20. The van der Waals surface area contributed by atoms with Gasteiger partial charge in [0.2, 0.25) is 0 Å². The summed E-state index contributed by atoms with van der Waals surface area (Å²) in [7, 11) is 0. The van der Waals surface area contributed by atoms with E-state index in [9.17, 15) is 0 Å². The molecule has 0 aromatic heterocycles. The first kappa shape index (κ1) is 10.8. The summed E-state index contributed by atoms with van der Waals surface area (Å²) in [5.74, 6) is 0.307. The second kappa shape index (κ2) is 5.47. The van der Waals surface area contributed by atoms with Crippen LogP contribution in [0.1, 0.15) is 33.6 Å². The lowest BCUT2D eigenvalue weighted by molar-refractivity contribution is 0.840. The number of hydrogen-bond acceptors (Lipinski definition) is 2. The van der Waals surface area contributed by atoms with Crippen LogP contribution in [0.15, 0.2) is 0 Å². The molecule has 0 aromatic carbocycles. The van der Waals surface area contributed by atoms with Gasteiger partial charge in [0.05, 0.1) is 5.84 Å². The van der Waals surface area contributed by atoms with Crippen LogP contribution in [0.25, 0.3) is 0 Å². The highest BCUT2D eigenvalue weighted by Gasteiger charge is 2.05. The summed E-state index contributed by atoms with van der Waals surface area (Å²) in [5, 5.41) is 8.34. The largest absolute Gasteiger partial charge is 0.388 e. The SMILES string of the molecule is CC(C)SC(C)CCC(=N)N. The van der Waals surface area contributed by atoms with Crippen molar-refractivity contribution in [2.75, 3.05) is 0 Å². The van der Waals surface area contributed by atoms with Crippen LogP contribution >= 0.6 is 11.8 Å². The molecule has 0 fully saturated rings. The third-order valence-electron chi connectivity index (χ3n) is 1.32. The molecule has 0 rings (SSSR count). The zero-order valence-corrected chi connectivity index (χ0v) is 8.37.